The number of hydrogen-bond acceptors (Lipinski definition) is 5. The van der Waals surface area contributed by atoms with E-state index in [1.54, 1.807) is 23.8 Å². The van der Waals surface area contributed by atoms with Crippen molar-refractivity contribution in [3.8, 4) is 5.75 Å². The van der Waals surface area contributed by atoms with Gasteiger partial charge in [-0.15, -0.1) is 0 Å². The number of carbonyl (C=O) groups is 3. The highest BCUT2D eigenvalue weighted by Crippen LogP contribution is 2.37. The SMILES string of the molecule is CCOC(=O)C[C@H]1C(=O)N(Cc2ccc(OC)cc2)[C@H](C(C)(C)C)C(=O)N1C1CCCC1. The number of hydrogen-bond donors (Lipinski definition) is 0. The molecule has 0 N–H and O–H groups in total. The van der Waals surface area contributed by atoms with Gasteiger partial charge >= 0.3 is 5.97 Å². The second-order valence-electron chi connectivity index (χ2n) is 9.79. The Morgan fingerprint density at radius 2 is 1.69 bits per heavy atom. The van der Waals surface area contributed by atoms with Gasteiger partial charge in [-0.1, -0.05) is 45.7 Å². The van der Waals surface area contributed by atoms with Crippen LogP contribution in [-0.2, 0) is 25.7 Å². The maximum absolute atomic E-state index is 13.9. The van der Waals surface area contributed by atoms with Crippen LogP contribution in [0.1, 0.15) is 65.4 Å². The Morgan fingerprint density at radius 1 is 1.06 bits per heavy atom. The average molecular weight is 445 g/mol. The van der Waals surface area contributed by atoms with Crippen LogP contribution in [-0.4, -0.2) is 59.4 Å². The molecule has 2 amide bonds. The van der Waals surface area contributed by atoms with E-state index in [2.05, 4.69) is 0 Å². The maximum Gasteiger partial charge on any atom is 0.308 e. The molecule has 176 valence electrons. The number of ether oxygens (including phenoxy) is 2. The van der Waals surface area contributed by atoms with Crippen LogP contribution in [0.2, 0.25) is 0 Å². The first-order valence-corrected chi connectivity index (χ1v) is 11.6. The molecule has 0 aromatic heterocycles. The van der Waals surface area contributed by atoms with Gasteiger partial charge in [0.2, 0.25) is 11.8 Å². The number of nitrogens with zero attached hydrogens (tertiary/aromatic N) is 2. The fourth-order valence-electron chi connectivity index (χ4n) is 4.98. The van der Waals surface area contributed by atoms with Crippen LogP contribution >= 0.6 is 0 Å². The van der Waals surface area contributed by atoms with E-state index in [1.807, 2.05) is 45.0 Å². The van der Waals surface area contributed by atoms with E-state index in [4.69, 9.17) is 9.47 Å². The predicted octanol–water partition coefficient (Wildman–Crippen LogP) is 3.55. The Labute approximate surface area is 191 Å². The largest absolute Gasteiger partial charge is 0.497 e. The van der Waals surface area contributed by atoms with Crippen molar-refractivity contribution in [2.24, 2.45) is 5.41 Å². The molecule has 1 aromatic rings. The van der Waals surface area contributed by atoms with Crippen molar-refractivity contribution in [1.82, 2.24) is 9.80 Å². The van der Waals surface area contributed by atoms with E-state index in [1.165, 1.54) is 0 Å². The minimum Gasteiger partial charge on any atom is -0.497 e. The van der Waals surface area contributed by atoms with Crippen LogP contribution in [0.5, 0.6) is 5.75 Å². The van der Waals surface area contributed by atoms with Gasteiger partial charge in [0.25, 0.3) is 0 Å². The van der Waals surface area contributed by atoms with Gasteiger partial charge in [0.1, 0.15) is 17.8 Å². The Morgan fingerprint density at radius 3 is 2.22 bits per heavy atom. The van der Waals surface area contributed by atoms with Crippen LogP contribution in [0.15, 0.2) is 24.3 Å². The second-order valence-corrected chi connectivity index (χ2v) is 9.79. The minimum atomic E-state index is -0.818. The number of esters is 1. The van der Waals surface area contributed by atoms with Crippen molar-refractivity contribution in [1.29, 1.82) is 0 Å². The summed E-state index contributed by atoms with van der Waals surface area (Å²) < 4.78 is 10.4. The normalized spacial score (nSPS) is 22.4. The van der Waals surface area contributed by atoms with Crippen LogP contribution < -0.4 is 4.74 Å². The highest BCUT2D eigenvalue weighted by Gasteiger charge is 2.52. The van der Waals surface area contributed by atoms with Crippen molar-refractivity contribution in [3.05, 3.63) is 29.8 Å². The monoisotopic (exact) mass is 444 g/mol. The van der Waals surface area contributed by atoms with E-state index in [-0.39, 0.29) is 30.9 Å². The molecule has 1 aliphatic carbocycles. The fourth-order valence-corrected chi connectivity index (χ4v) is 4.98. The zero-order valence-electron chi connectivity index (χ0n) is 19.9. The Bertz CT molecular complexity index is 824. The smallest absolute Gasteiger partial charge is 0.308 e. The quantitative estimate of drug-likeness (QED) is 0.601. The van der Waals surface area contributed by atoms with Crippen molar-refractivity contribution in [3.63, 3.8) is 0 Å². The standard InChI is InChI=1S/C25H36N2O5/c1-6-32-21(28)15-20-23(29)26(16-17-11-13-19(31-5)14-12-17)22(25(2,3)4)24(30)27(20)18-9-7-8-10-18/h11-14,18,20,22H,6-10,15-16H2,1-5H3/t20-,22-/m0/s1. The Hall–Kier alpha value is -2.57. The lowest BCUT2D eigenvalue weighted by Gasteiger charge is -2.51. The van der Waals surface area contributed by atoms with E-state index in [0.717, 1.165) is 37.0 Å². The van der Waals surface area contributed by atoms with Gasteiger partial charge < -0.3 is 19.3 Å². The Balaban J connectivity index is 1.98. The molecule has 1 saturated carbocycles. The molecule has 1 aromatic carbocycles. The topological polar surface area (TPSA) is 76.1 Å². The maximum atomic E-state index is 13.9. The zero-order valence-corrected chi connectivity index (χ0v) is 19.9. The Kier molecular flexibility index (Phi) is 7.47. The molecule has 7 heteroatoms. The van der Waals surface area contributed by atoms with Crippen LogP contribution in [0, 0.1) is 5.41 Å². The summed E-state index contributed by atoms with van der Waals surface area (Å²) in [5, 5.41) is 0. The van der Waals surface area contributed by atoms with Crippen molar-refractivity contribution in [2.75, 3.05) is 13.7 Å². The van der Waals surface area contributed by atoms with Gasteiger partial charge in [0.15, 0.2) is 0 Å². The van der Waals surface area contributed by atoms with E-state index in [0.29, 0.717) is 6.54 Å². The molecule has 3 rings (SSSR count). The molecule has 0 spiro atoms. The summed E-state index contributed by atoms with van der Waals surface area (Å²) in [6.45, 7) is 8.25. The third kappa shape index (κ3) is 5.08. The average Bonchev–Trinajstić information content (AvgIpc) is 3.25. The molecular formula is C25H36N2O5. The molecule has 0 unspecified atom stereocenters. The first-order valence-electron chi connectivity index (χ1n) is 11.6. The van der Waals surface area contributed by atoms with Crippen LogP contribution in [0.4, 0.5) is 0 Å². The van der Waals surface area contributed by atoms with Gasteiger partial charge in [-0.3, -0.25) is 14.4 Å². The van der Waals surface area contributed by atoms with Crippen molar-refractivity contribution < 1.29 is 23.9 Å². The molecule has 2 aliphatic rings. The number of rotatable bonds is 7. The van der Waals surface area contributed by atoms with Crippen LogP contribution in [0.25, 0.3) is 0 Å². The molecule has 7 nitrogen and oxygen atoms in total. The third-order valence-corrected chi connectivity index (χ3v) is 6.42. The van der Waals surface area contributed by atoms with E-state index >= 15 is 0 Å². The first kappa shape index (κ1) is 24.1. The molecule has 2 atom stereocenters. The summed E-state index contributed by atoms with van der Waals surface area (Å²) in [6.07, 6.45) is 3.70. The van der Waals surface area contributed by atoms with Gasteiger partial charge in [-0.25, -0.2) is 0 Å². The van der Waals surface area contributed by atoms with Crippen LogP contribution in [0.3, 0.4) is 0 Å². The highest BCUT2D eigenvalue weighted by atomic mass is 16.5. The zero-order chi connectivity index (χ0) is 23.5. The van der Waals surface area contributed by atoms with E-state index < -0.39 is 23.5 Å². The number of carbonyl (C=O) groups excluding carboxylic acids is 3. The lowest BCUT2D eigenvalue weighted by atomic mass is 9.81. The number of piperazine rings is 1. The number of methoxy groups -OCH3 is 1. The summed E-state index contributed by atoms with van der Waals surface area (Å²) in [4.78, 5) is 43.6. The lowest BCUT2D eigenvalue weighted by Crippen LogP contribution is -2.69. The predicted molar refractivity (Wildman–Crippen MR) is 121 cm³/mol. The number of amides is 2. The highest BCUT2D eigenvalue weighted by molar-refractivity contribution is 5.99. The fraction of sp³-hybridized carbons (Fsp3) is 0.640. The molecule has 0 radical (unpaired) electrons. The molecule has 1 heterocycles. The van der Waals surface area contributed by atoms with Gasteiger partial charge in [0, 0.05) is 12.6 Å². The number of benzene rings is 1. The molecular weight excluding hydrogens is 408 g/mol. The summed E-state index contributed by atoms with van der Waals surface area (Å²) in [5.74, 6) is 0.0436. The van der Waals surface area contributed by atoms with Gasteiger partial charge in [-0.2, -0.15) is 0 Å². The summed E-state index contributed by atoms with van der Waals surface area (Å²) in [7, 11) is 1.61. The second kappa shape index (κ2) is 9.92. The lowest BCUT2D eigenvalue weighted by molar-refractivity contribution is -0.173. The van der Waals surface area contributed by atoms with E-state index in [9.17, 15) is 14.4 Å². The van der Waals surface area contributed by atoms with Crippen molar-refractivity contribution >= 4 is 17.8 Å². The minimum absolute atomic E-state index is 0.00105. The molecule has 1 saturated heterocycles. The first-order chi connectivity index (χ1) is 15.2. The van der Waals surface area contributed by atoms with Gasteiger partial charge in [0.05, 0.1) is 20.1 Å². The molecule has 0 bridgehead atoms. The summed E-state index contributed by atoms with van der Waals surface area (Å²) in [6, 6.07) is 6.08. The third-order valence-electron chi connectivity index (χ3n) is 6.42. The summed E-state index contributed by atoms with van der Waals surface area (Å²) >= 11 is 0. The van der Waals surface area contributed by atoms with Crippen molar-refractivity contribution in [2.45, 2.75) is 84.5 Å². The molecule has 32 heavy (non-hydrogen) atoms. The molecule has 2 fully saturated rings. The summed E-state index contributed by atoms with van der Waals surface area (Å²) in [5.41, 5.74) is 0.454. The molecule has 1 aliphatic heterocycles. The van der Waals surface area contributed by atoms with Gasteiger partial charge in [-0.05, 0) is 42.9 Å².